The van der Waals surface area contributed by atoms with E-state index in [9.17, 15) is 0 Å². The summed E-state index contributed by atoms with van der Waals surface area (Å²) in [6.07, 6.45) is 7.64. The topological polar surface area (TPSA) is 78.9 Å². The van der Waals surface area contributed by atoms with Crippen molar-refractivity contribution in [3.63, 3.8) is 0 Å². The van der Waals surface area contributed by atoms with Crippen LogP contribution in [0, 0.1) is 5.92 Å². The van der Waals surface area contributed by atoms with Crippen LogP contribution in [0.15, 0.2) is 85.5 Å². The van der Waals surface area contributed by atoms with Gasteiger partial charge in [-0.2, -0.15) is 0 Å². The first-order valence-electron chi connectivity index (χ1n) is 12.2. The predicted octanol–water partition coefficient (Wildman–Crippen LogP) is 6.09. The summed E-state index contributed by atoms with van der Waals surface area (Å²) < 4.78 is 8.08. The standard InChI is InChI=1S/C30H31N5O/c1-20(2)30(3,23-13-11-21(12-14-23)22-16-33-29(31)34-17-22)26-19-35(18-24-8-5-6-15-32-24)28-25(26)9-7-10-27(28)36-4/h5-17,19-20H,18H2,1-4H3,(H2,31,33,34). The zero-order chi connectivity index (χ0) is 25.3. The van der Waals surface area contributed by atoms with Crippen LogP contribution in [-0.2, 0) is 12.0 Å². The molecule has 0 saturated heterocycles. The van der Waals surface area contributed by atoms with Crippen molar-refractivity contribution in [2.75, 3.05) is 12.8 Å². The monoisotopic (exact) mass is 477 g/mol. The summed E-state index contributed by atoms with van der Waals surface area (Å²) in [7, 11) is 1.73. The summed E-state index contributed by atoms with van der Waals surface area (Å²) >= 11 is 0. The van der Waals surface area contributed by atoms with Gasteiger partial charge in [-0.1, -0.05) is 63.2 Å². The molecule has 1 atom stereocenters. The Morgan fingerprint density at radius 2 is 1.67 bits per heavy atom. The first-order valence-corrected chi connectivity index (χ1v) is 12.2. The first-order chi connectivity index (χ1) is 17.4. The average Bonchev–Trinajstić information content (AvgIpc) is 3.28. The number of hydrogen-bond acceptors (Lipinski definition) is 5. The van der Waals surface area contributed by atoms with E-state index < -0.39 is 0 Å². The maximum absolute atomic E-state index is 5.81. The summed E-state index contributed by atoms with van der Waals surface area (Å²) in [6, 6.07) is 21.0. The fraction of sp³-hybridized carbons (Fsp3) is 0.233. The molecule has 0 aliphatic carbocycles. The normalized spacial score (nSPS) is 13.1. The van der Waals surface area contributed by atoms with Crippen LogP contribution >= 0.6 is 0 Å². The molecule has 6 heteroatoms. The number of pyridine rings is 1. The summed E-state index contributed by atoms with van der Waals surface area (Å²) in [4.78, 5) is 12.8. The Balaban J connectivity index is 1.64. The lowest BCUT2D eigenvalue weighted by atomic mass is 9.68. The van der Waals surface area contributed by atoms with E-state index in [1.165, 1.54) is 16.5 Å². The zero-order valence-corrected chi connectivity index (χ0v) is 21.1. The maximum atomic E-state index is 5.81. The number of ether oxygens (including phenoxy) is 1. The van der Waals surface area contributed by atoms with E-state index >= 15 is 0 Å². The molecule has 2 aromatic carbocycles. The Labute approximate surface area is 211 Å². The Bertz CT molecular complexity index is 1470. The number of methoxy groups -OCH3 is 1. The van der Waals surface area contributed by atoms with Gasteiger partial charge in [0.2, 0.25) is 5.95 Å². The molecule has 5 aromatic rings. The van der Waals surface area contributed by atoms with E-state index in [-0.39, 0.29) is 11.4 Å². The number of hydrogen-bond donors (Lipinski definition) is 1. The minimum Gasteiger partial charge on any atom is -0.495 e. The quantitative estimate of drug-likeness (QED) is 0.307. The van der Waals surface area contributed by atoms with Gasteiger partial charge in [0.1, 0.15) is 5.75 Å². The highest BCUT2D eigenvalue weighted by Crippen LogP contribution is 2.45. The van der Waals surface area contributed by atoms with Gasteiger partial charge in [-0.25, -0.2) is 9.97 Å². The molecule has 0 amide bonds. The molecule has 182 valence electrons. The van der Waals surface area contributed by atoms with Gasteiger partial charge in [0.05, 0.1) is 24.9 Å². The van der Waals surface area contributed by atoms with Crippen LogP contribution in [0.2, 0.25) is 0 Å². The Morgan fingerprint density at radius 3 is 2.31 bits per heavy atom. The Morgan fingerprint density at radius 1 is 0.917 bits per heavy atom. The van der Waals surface area contributed by atoms with Crippen LogP contribution in [0.25, 0.3) is 22.0 Å². The summed E-state index contributed by atoms with van der Waals surface area (Å²) in [6.45, 7) is 7.56. The van der Waals surface area contributed by atoms with Gasteiger partial charge >= 0.3 is 0 Å². The number of nitrogen functional groups attached to an aromatic ring is 1. The lowest BCUT2D eigenvalue weighted by Crippen LogP contribution is -2.30. The molecule has 0 aliphatic heterocycles. The van der Waals surface area contributed by atoms with E-state index in [1.807, 2.05) is 24.4 Å². The van der Waals surface area contributed by atoms with Crippen LogP contribution in [0.4, 0.5) is 5.95 Å². The number of nitrogens with two attached hydrogens (primary N) is 1. The number of para-hydroxylation sites is 1. The van der Waals surface area contributed by atoms with E-state index in [4.69, 9.17) is 10.5 Å². The zero-order valence-electron chi connectivity index (χ0n) is 21.1. The highest BCUT2D eigenvalue weighted by atomic mass is 16.5. The minimum absolute atomic E-state index is 0.240. The predicted molar refractivity (Wildman–Crippen MR) is 145 cm³/mol. The SMILES string of the molecule is COc1cccc2c(C(C)(c3ccc(-c4cnc(N)nc4)cc3)C(C)C)cn(Cc3ccccn3)c12. The molecule has 6 nitrogen and oxygen atoms in total. The van der Waals surface area contributed by atoms with Crippen LogP contribution in [-0.4, -0.2) is 26.6 Å². The van der Waals surface area contributed by atoms with Gasteiger partial charge in [-0.05, 0) is 40.8 Å². The van der Waals surface area contributed by atoms with Crippen molar-refractivity contribution >= 4 is 16.9 Å². The van der Waals surface area contributed by atoms with Crippen molar-refractivity contribution in [2.24, 2.45) is 5.92 Å². The molecule has 0 spiro atoms. The van der Waals surface area contributed by atoms with Crippen LogP contribution in [0.1, 0.15) is 37.6 Å². The van der Waals surface area contributed by atoms with Gasteiger partial charge in [0.15, 0.2) is 0 Å². The summed E-state index contributed by atoms with van der Waals surface area (Å²) in [5, 5.41) is 1.19. The second-order valence-corrected chi connectivity index (χ2v) is 9.61. The second-order valence-electron chi connectivity index (χ2n) is 9.61. The molecule has 3 aromatic heterocycles. The van der Waals surface area contributed by atoms with Crippen LogP contribution < -0.4 is 10.5 Å². The average molecular weight is 478 g/mol. The number of benzene rings is 2. The number of rotatable bonds is 7. The largest absolute Gasteiger partial charge is 0.495 e. The third-order valence-electron chi connectivity index (χ3n) is 7.34. The first kappa shape index (κ1) is 23.5. The maximum Gasteiger partial charge on any atom is 0.219 e. The molecule has 0 bridgehead atoms. The summed E-state index contributed by atoms with van der Waals surface area (Å²) in [5.74, 6) is 1.48. The van der Waals surface area contributed by atoms with E-state index in [1.54, 1.807) is 19.5 Å². The van der Waals surface area contributed by atoms with Crippen molar-refractivity contribution in [2.45, 2.75) is 32.7 Å². The molecule has 0 fully saturated rings. The van der Waals surface area contributed by atoms with Crippen molar-refractivity contribution in [3.05, 3.63) is 102 Å². The van der Waals surface area contributed by atoms with Gasteiger partial charge in [0, 0.05) is 41.2 Å². The number of fused-ring (bicyclic) bond motifs is 1. The Kier molecular flexibility index (Phi) is 6.18. The molecule has 0 radical (unpaired) electrons. The molecular weight excluding hydrogens is 446 g/mol. The van der Waals surface area contributed by atoms with Crippen molar-refractivity contribution in [3.8, 4) is 16.9 Å². The lowest BCUT2D eigenvalue weighted by molar-refractivity contribution is 0.407. The molecule has 0 aliphatic rings. The highest BCUT2D eigenvalue weighted by molar-refractivity contribution is 5.90. The van der Waals surface area contributed by atoms with Crippen LogP contribution in [0.5, 0.6) is 5.75 Å². The van der Waals surface area contributed by atoms with E-state index in [0.29, 0.717) is 12.5 Å². The fourth-order valence-electron chi connectivity index (χ4n) is 4.99. The minimum atomic E-state index is -0.240. The molecule has 0 saturated carbocycles. The number of aromatic nitrogens is 4. The molecular formula is C30H31N5O. The van der Waals surface area contributed by atoms with Gasteiger partial charge in [-0.15, -0.1) is 0 Å². The lowest BCUT2D eigenvalue weighted by Gasteiger charge is -2.35. The number of nitrogens with zero attached hydrogens (tertiary/aromatic N) is 4. The third kappa shape index (κ3) is 4.09. The highest BCUT2D eigenvalue weighted by Gasteiger charge is 2.36. The second kappa shape index (κ2) is 9.46. The molecule has 3 heterocycles. The van der Waals surface area contributed by atoms with Crippen LogP contribution in [0.3, 0.4) is 0 Å². The third-order valence-corrected chi connectivity index (χ3v) is 7.34. The van der Waals surface area contributed by atoms with E-state index in [2.05, 4.69) is 89.0 Å². The summed E-state index contributed by atoms with van der Waals surface area (Å²) in [5.41, 5.74) is 12.0. The van der Waals surface area contributed by atoms with Gasteiger partial charge in [-0.3, -0.25) is 4.98 Å². The number of anilines is 1. The Hall–Kier alpha value is -4.19. The molecule has 36 heavy (non-hydrogen) atoms. The van der Waals surface area contributed by atoms with Crippen molar-refractivity contribution in [1.29, 1.82) is 0 Å². The van der Waals surface area contributed by atoms with Crippen molar-refractivity contribution in [1.82, 2.24) is 19.5 Å². The molecule has 5 rings (SSSR count). The van der Waals surface area contributed by atoms with Gasteiger partial charge in [0.25, 0.3) is 0 Å². The smallest absolute Gasteiger partial charge is 0.219 e. The molecule has 2 N–H and O–H groups in total. The van der Waals surface area contributed by atoms with E-state index in [0.717, 1.165) is 28.1 Å². The molecule has 1 unspecified atom stereocenters. The van der Waals surface area contributed by atoms with Gasteiger partial charge < -0.3 is 15.0 Å². The van der Waals surface area contributed by atoms with Crippen molar-refractivity contribution < 1.29 is 4.74 Å². The fourth-order valence-corrected chi connectivity index (χ4v) is 4.99.